The Morgan fingerprint density at radius 3 is 2.42 bits per heavy atom. The van der Waals surface area contributed by atoms with Gasteiger partial charge in [0.1, 0.15) is 0 Å². The lowest BCUT2D eigenvalue weighted by molar-refractivity contribution is -0.113. The van der Waals surface area contributed by atoms with Gasteiger partial charge in [0.2, 0.25) is 5.91 Å². The highest BCUT2D eigenvalue weighted by Gasteiger charge is 2.23. The molecule has 1 aliphatic rings. The smallest absolute Gasteiger partial charge is 0.234 e. The van der Waals surface area contributed by atoms with Crippen LogP contribution in [0.5, 0.6) is 11.5 Å². The molecule has 1 saturated heterocycles. The molecule has 1 aliphatic heterocycles. The number of nitrogens with zero attached hydrogens (tertiary/aromatic N) is 4. The molecular weight excluding hydrogens is 478 g/mol. The minimum absolute atomic E-state index is 0.0945. The largest absolute Gasteiger partial charge is 0.493 e. The van der Waals surface area contributed by atoms with Crippen molar-refractivity contribution in [2.45, 2.75) is 38.1 Å². The number of carbonyl (C=O) groups excluding carboxylic acids is 1. The zero-order valence-electron chi connectivity index (χ0n) is 21.1. The number of rotatable bonds is 10. The second-order valence-electron chi connectivity index (χ2n) is 8.70. The van der Waals surface area contributed by atoms with Gasteiger partial charge in [0.15, 0.2) is 28.6 Å². The van der Waals surface area contributed by atoms with Crippen LogP contribution in [0.2, 0.25) is 0 Å². The van der Waals surface area contributed by atoms with E-state index in [1.54, 1.807) is 7.11 Å². The number of hydrogen-bond donors (Lipinski definition) is 1. The highest BCUT2D eigenvalue weighted by Crippen LogP contribution is 2.32. The number of carbonyl (C=O) groups is 1. The van der Waals surface area contributed by atoms with E-state index in [4.69, 9.17) is 14.2 Å². The van der Waals surface area contributed by atoms with E-state index in [2.05, 4.69) is 34.3 Å². The first-order chi connectivity index (χ1) is 17.5. The van der Waals surface area contributed by atoms with Gasteiger partial charge >= 0.3 is 0 Å². The minimum atomic E-state index is -0.357. The fraction of sp³-hybridized carbons (Fsp3) is 0.423. The van der Waals surface area contributed by atoms with Crippen LogP contribution in [0.15, 0.2) is 53.7 Å². The van der Waals surface area contributed by atoms with Gasteiger partial charge in [-0.15, -0.1) is 10.2 Å². The van der Waals surface area contributed by atoms with Crippen molar-refractivity contribution in [3.8, 4) is 11.5 Å². The molecule has 1 unspecified atom stereocenters. The second kappa shape index (κ2) is 12.1. The number of aromatic nitrogens is 3. The van der Waals surface area contributed by atoms with Gasteiger partial charge < -0.3 is 29.0 Å². The summed E-state index contributed by atoms with van der Waals surface area (Å²) in [6.45, 7) is 9.28. The summed E-state index contributed by atoms with van der Waals surface area (Å²) in [5.74, 6) is 2.11. The number of methoxy groups -OCH3 is 1. The minimum Gasteiger partial charge on any atom is -0.493 e. The normalized spacial score (nSPS) is 14.5. The van der Waals surface area contributed by atoms with Crippen molar-refractivity contribution in [1.29, 1.82) is 0 Å². The quantitative estimate of drug-likeness (QED) is 0.396. The zero-order chi connectivity index (χ0) is 25.5. The number of amides is 1. The zero-order valence-corrected chi connectivity index (χ0v) is 22.0. The molecule has 3 aromatic rings. The van der Waals surface area contributed by atoms with Crippen LogP contribution in [0, 0.1) is 0 Å². The van der Waals surface area contributed by atoms with Crippen molar-refractivity contribution in [2.75, 3.05) is 49.4 Å². The summed E-state index contributed by atoms with van der Waals surface area (Å²) in [6.07, 6.45) is -0.357. The van der Waals surface area contributed by atoms with Crippen LogP contribution in [0.3, 0.4) is 0 Å². The predicted octanol–water partition coefficient (Wildman–Crippen LogP) is 4.58. The molecule has 4 rings (SSSR count). The molecule has 0 spiro atoms. The highest BCUT2D eigenvalue weighted by molar-refractivity contribution is 7.99. The van der Waals surface area contributed by atoms with E-state index in [0.29, 0.717) is 22.5 Å². The third kappa shape index (κ3) is 6.30. The molecule has 2 aromatic carbocycles. The SMILES string of the molecule is COc1ccccc1OC(C)c1nnc(SCC(=O)Nc2ccc(N3CCOCC3)cc2)n1C(C)C. The van der Waals surface area contributed by atoms with Gasteiger partial charge in [-0.3, -0.25) is 4.79 Å². The second-order valence-corrected chi connectivity index (χ2v) is 9.64. The number of para-hydroxylation sites is 2. The Morgan fingerprint density at radius 1 is 1.06 bits per heavy atom. The molecule has 36 heavy (non-hydrogen) atoms. The summed E-state index contributed by atoms with van der Waals surface area (Å²) >= 11 is 1.36. The van der Waals surface area contributed by atoms with E-state index in [-0.39, 0.29) is 23.8 Å². The molecule has 0 radical (unpaired) electrons. The lowest BCUT2D eigenvalue weighted by atomic mass is 10.2. The first-order valence-corrected chi connectivity index (χ1v) is 13.0. The average Bonchev–Trinajstić information content (AvgIpc) is 3.33. The maximum Gasteiger partial charge on any atom is 0.234 e. The van der Waals surface area contributed by atoms with E-state index in [1.165, 1.54) is 11.8 Å². The fourth-order valence-electron chi connectivity index (χ4n) is 4.01. The van der Waals surface area contributed by atoms with Crippen LogP contribution in [0.25, 0.3) is 0 Å². The van der Waals surface area contributed by atoms with Gasteiger partial charge in [-0.05, 0) is 57.2 Å². The van der Waals surface area contributed by atoms with Crippen LogP contribution in [-0.2, 0) is 9.53 Å². The monoisotopic (exact) mass is 511 g/mol. The molecule has 2 heterocycles. The van der Waals surface area contributed by atoms with Crippen LogP contribution in [-0.4, -0.2) is 59.8 Å². The van der Waals surface area contributed by atoms with E-state index >= 15 is 0 Å². The van der Waals surface area contributed by atoms with Crippen molar-refractivity contribution in [2.24, 2.45) is 0 Å². The van der Waals surface area contributed by atoms with Gasteiger partial charge in [-0.2, -0.15) is 0 Å². The number of morpholine rings is 1. The Labute approximate surface area is 216 Å². The third-order valence-corrected chi connectivity index (χ3v) is 6.75. The van der Waals surface area contributed by atoms with Crippen LogP contribution in [0.4, 0.5) is 11.4 Å². The van der Waals surface area contributed by atoms with Crippen molar-refractivity contribution in [3.63, 3.8) is 0 Å². The molecule has 1 aromatic heterocycles. The summed E-state index contributed by atoms with van der Waals surface area (Å²) < 4.78 is 18.9. The average molecular weight is 512 g/mol. The van der Waals surface area contributed by atoms with Crippen molar-refractivity contribution in [3.05, 3.63) is 54.4 Å². The van der Waals surface area contributed by atoms with E-state index < -0.39 is 0 Å². The molecule has 192 valence electrons. The lowest BCUT2D eigenvalue weighted by Crippen LogP contribution is -2.36. The van der Waals surface area contributed by atoms with Crippen LogP contribution in [0.1, 0.15) is 38.7 Å². The standard InChI is InChI=1S/C26H33N5O4S/c1-18(2)31-25(19(3)35-23-8-6-5-7-22(23)33-4)28-29-26(31)36-17-24(32)27-20-9-11-21(12-10-20)30-13-15-34-16-14-30/h5-12,18-19H,13-17H2,1-4H3,(H,27,32). The summed E-state index contributed by atoms with van der Waals surface area (Å²) in [7, 11) is 1.61. The van der Waals surface area contributed by atoms with Crippen molar-refractivity contribution >= 4 is 29.0 Å². The summed E-state index contributed by atoms with van der Waals surface area (Å²) in [6, 6.07) is 15.5. The van der Waals surface area contributed by atoms with Gasteiger partial charge in [-0.25, -0.2) is 0 Å². The Bertz CT molecular complexity index is 1150. The molecular formula is C26H33N5O4S. The summed E-state index contributed by atoms with van der Waals surface area (Å²) in [5, 5.41) is 12.4. The number of anilines is 2. The van der Waals surface area contributed by atoms with Crippen LogP contribution < -0.4 is 19.7 Å². The van der Waals surface area contributed by atoms with Gasteiger partial charge in [0.25, 0.3) is 0 Å². The number of nitrogens with one attached hydrogen (secondary N) is 1. The fourth-order valence-corrected chi connectivity index (χ4v) is 4.89. The topological polar surface area (TPSA) is 90.7 Å². The Kier molecular flexibility index (Phi) is 8.71. The maximum absolute atomic E-state index is 12.7. The molecule has 0 saturated carbocycles. The molecule has 1 amide bonds. The highest BCUT2D eigenvalue weighted by atomic mass is 32.2. The molecule has 1 atom stereocenters. The lowest BCUT2D eigenvalue weighted by Gasteiger charge is -2.28. The molecule has 0 bridgehead atoms. The number of benzene rings is 2. The van der Waals surface area contributed by atoms with Crippen molar-refractivity contribution in [1.82, 2.24) is 14.8 Å². The molecule has 10 heteroatoms. The van der Waals surface area contributed by atoms with Gasteiger partial charge in [0.05, 0.1) is 26.1 Å². The van der Waals surface area contributed by atoms with Gasteiger partial charge in [0, 0.05) is 30.5 Å². The Morgan fingerprint density at radius 2 is 1.75 bits per heavy atom. The first kappa shape index (κ1) is 25.8. The van der Waals surface area contributed by atoms with E-state index in [1.807, 2.05) is 60.0 Å². The maximum atomic E-state index is 12.7. The van der Waals surface area contributed by atoms with E-state index in [0.717, 1.165) is 37.7 Å². The Balaban J connectivity index is 1.37. The van der Waals surface area contributed by atoms with Crippen molar-refractivity contribution < 1.29 is 19.0 Å². The predicted molar refractivity (Wildman–Crippen MR) is 141 cm³/mol. The summed E-state index contributed by atoms with van der Waals surface area (Å²) in [4.78, 5) is 14.9. The van der Waals surface area contributed by atoms with Crippen LogP contribution >= 0.6 is 11.8 Å². The molecule has 1 N–H and O–H groups in total. The third-order valence-electron chi connectivity index (χ3n) is 5.80. The summed E-state index contributed by atoms with van der Waals surface area (Å²) in [5.41, 5.74) is 1.90. The first-order valence-electron chi connectivity index (χ1n) is 12.1. The van der Waals surface area contributed by atoms with Gasteiger partial charge in [-0.1, -0.05) is 23.9 Å². The molecule has 1 fully saturated rings. The van der Waals surface area contributed by atoms with E-state index in [9.17, 15) is 4.79 Å². The Hall–Kier alpha value is -3.24. The number of thioether (sulfide) groups is 1. The molecule has 0 aliphatic carbocycles. The number of ether oxygens (including phenoxy) is 3. The number of hydrogen-bond acceptors (Lipinski definition) is 8. The molecule has 9 nitrogen and oxygen atoms in total.